The van der Waals surface area contributed by atoms with Gasteiger partial charge in [0.2, 0.25) is 0 Å². The molecule has 288 valence electrons. The Morgan fingerprint density at radius 2 is 0.787 bits per heavy atom. The van der Waals surface area contributed by atoms with Crippen LogP contribution in [-0.2, 0) is 10.8 Å². The molecule has 0 fully saturated rings. The molecular weight excluding hydrogens is 735 g/mol. The van der Waals surface area contributed by atoms with Crippen LogP contribution in [0.1, 0.15) is 47.2 Å². The monoisotopic (exact) mass is 777 g/mol. The van der Waals surface area contributed by atoms with Gasteiger partial charge < -0.3 is 4.90 Å². The highest BCUT2D eigenvalue weighted by Gasteiger charge is 2.46. The Hall–Kier alpha value is -7.48. The number of rotatable bonds is 6. The molecular formula is C60H43N. The Kier molecular flexibility index (Phi) is 7.86. The van der Waals surface area contributed by atoms with Crippen LogP contribution < -0.4 is 4.90 Å². The molecule has 1 nitrogen and oxygen atoms in total. The van der Waals surface area contributed by atoms with Gasteiger partial charge in [-0.1, -0.05) is 196 Å². The molecule has 61 heavy (non-hydrogen) atoms. The first kappa shape index (κ1) is 35.5. The number of anilines is 3. The minimum absolute atomic E-state index is 0.132. The van der Waals surface area contributed by atoms with Crippen molar-refractivity contribution in [3.05, 3.63) is 258 Å². The van der Waals surface area contributed by atoms with Gasteiger partial charge >= 0.3 is 0 Å². The van der Waals surface area contributed by atoms with E-state index in [2.05, 4.69) is 243 Å². The smallest absolute Gasteiger partial charge is 0.0714 e. The molecule has 0 aromatic heterocycles. The molecule has 0 aliphatic heterocycles. The van der Waals surface area contributed by atoms with Crippen molar-refractivity contribution in [2.24, 2.45) is 0 Å². The third-order valence-corrected chi connectivity index (χ3v) is 13.7. The molecule has 10 aromatic rings. The van der Waals surface area contributed by atoms with E-state index < -0.39 is 5.41 Å². The number of fused-ring (bicyclic) bond motifs is 9. The Balaban J connectivity index is 1.06. The summed E-state index contributed by atoms with van der Waals surface area (Å²) >= 11 is 0. The normalized spacial score (nSPS) is 14.0. The van der Waals surface area contributed by atoms with E-state index in [0.29, 0.717) is 0 Å². The Morgan fingerprint density at radius 3 is 1.48 bits per heavy atom. The van der Waals surface area contributed by atoms with Gasteiger partial charge in [0.05, 0.1) is 5.41 Å². The SMILES string of the molecule is CC1(C)c2ccccc2-c2ccc(N(c3ccc(-c4ccc5ccc6ccccc6c5c4)cc3)c3ccc4c(c3)C(c3ccccc3)(c3ccccc3)c3ccccc3-4)cc21. The maximum Gasteiger partial charge on any atom is 0.0714 e. The molecule has 0 radical (unpaired) electrons. The second-order valence-corrected chi connectivity index (χ2v) is 17.3. The molecule has 0 saturated heterocycles. The van der Waals surface area contributed by atoms with Crippen molar-refractivity contribution in [1.29, 1.82) is 0 Å². The predicted octanol–water partition coefficient (Wildman–Crippen LogP) is 15.8. The van der Waals surface area contributed by atoms with Gasteiger partial charge in [-0.2, -0.15) is 0 Å². The fourth-order valence-electron chi connectivity index (χ4n) is 10.8. The van der Waals surface area contributed by atoms with Crippen LogP contribution >= 0.6 is 0 Å². The quantitative estimate of drug-likeness (QED) is 0.152. The van der Waals surface area contributed by atoms with Gasteiger partial charge in [-0.25, -0.2) is 0 Å². The highest BCUT2D eigenvalue weighted by atomic mass is 15.1. The fraction of sp³-hybridized carbons (Fsp3) is 0.0667. The van der Waals surface area contributed by atoms with E-state index in [1.165, 1.54) is 88.3 Å². The van der Waals surface area contributed by atoms with E-state index in [0.717, 1.165) is 17.1 Å². The van der Waals surface area contributed by atoms with Gasteiger partial charge in [0, 0.05) is 22.5 Å². The third kappa shape index (κ3) is 5.27. The molecule has 0 unspecified atom stereocenters. The molecule has 2 aliphatic carbocycles. The topological polar surface area (TPSA) is 3.24 Å². The summed E-state index contributed by atoms with van der Waals surface area (Å²) in [6, 6.07) is 83.6. The standard InChI is InChI=1S/C60H43N/c1-59(2)55-23-13-11-21-50(55)52-35-33-47(38-57(52)59)61(46-31-29-40(30-32-46)43-28-27-42-26-25-41-15-9-10-20-49(41)54(42)37-43)48-34-36-53-51-22-12-14-24-56(51)60(58(53)39-48,44-16-5-3-6-17-44)45-18-7-4-8-19-45/h3-39H,1-2H3. The van der Waals surface area contributed by atoms with Crippen molar-refractivity contribution in [3.63, 3.8) is 0 Å². The largest absolute Gasteiger partial charge is 0.310 e. The highest BCUT2D eigenvalue weighted by Crippen LogP contribution is 2.58. The Morgan fingerprint density at radius 1 is 0.311 bits per heavy atom. The zero-order valence-corrected chi connectivity index (χ0v) is 34.3. The third-order valence-electron chi connectivity index (χ3n) is 13.7. The summed E-state index contributed by atoms with van der Waals surface area (Å²) in [5, 5.41) is 5.09. The van der Waals surface area contributed by atoms with Crippen molar-refractivity contribution in [3.8, 4) is 33.4 Å². The predicted molar refractivity (Wildman–Crippen MR) is 256 cm³/mol. The molecule has 0 saturated carbocycles. The lowest BCUT2D eigenvalue weighted by molar-refractivity contribution is 0.660. The van der Waals surface area contributed by atoms with Crippen LogP contribution in [0.4, 0.5) is 17.1 Å². The Bertz CT molecular complexity index is 3280. The summed E-state index contributed by atoms with van der Waals surface area (Å²) < 4.78 is 0. The molecule has 10 aromatic carbocycles. The minimum atomic E-state index is -0.498. The summed E-state index contributed by atoms with van der Waals surface area (Å²) in [7, 11) is 0. The van der Waals surface area contributed by atoms with E-state index in [-0.39, 0.29) is 5.41 Å². The summed E-state index contributed by atoms with van der Waals surface area (Å²) in [6.45, 7) is 4.74. The summed E-state index contributed by atoms with van der Waals surface area (Å²) in [5.41, 5.74) is 18.2. The maximum absolute atomic E-state index is 2.48. The van der Waals surface area contributed by atoms with Crippen molar-refractivity contribution in [2.45, 2.75) is 24.7 Å². The first-order chi connectivity index (χ1) is 30.0. The number of benzene rings is 10. The van der Waals surface area contributed by atoms with Gasteiger partial charge in [0.1, 0.15) is 0 Å². The Labute approximate surface area is 357 Å². The molecule has 0 bridgehead atoms. The van der Waals surface area contributed by atoms with Crippen molar-refractivity contribution >= 4 is 38.6 Å². The lowest BCUT2D eigenvalue weighted by atomic mass is 9.67. The van der Waals surface area contributed by atoms with Crippen LogP contribution in [0, 0.1) is 0 Å². The van der Waals surface area contributed by atoms with Gasteiger partial charge in [-0.3, -0.25) is 0 Å². The van der Waals surface area contributed by atoms with Crippen molar-refractivity contribution in [2.75, 3.05) is 4.90 Å². The first-order valence-corrected chi connectivity index (χ1v) is 21.4. The minimum Gasteiger partial charge on any atom is -0.310 e. The van der Waals surface area contributed by atoms with E-state index in [1.54, 1.807) is 0 Å². The summed E-state index contributed by atoms with van der Waals surface area (Å²) in [6.07, 6.45) is 0. The molecule has 12 rings (SSSR count). The summed E-state index contributed by atoms with van der Waals surface area (Å²) in [4.78, 5) is 2.47. The molecule has 0 amide bonds. The van der Waals surface area contributed by atoms with E-state index in [4.69, 9.17) is 0 Å². The molecule has 1 heteroatoms. The van der Waals surface area contributed by atoms with Crippen LogP contribution in [0.2, 0.25) is 0 Å². The zero-order chi connectivity index (χ0) is 40.7. The maximum atomic E-state index is 2.48. The average Bonchev–Trinajstić information content (AvgIpc) is 3.75. The molecule has 2 aliphatic rings. The second-order valence-electron chi connectivity index (χ2n) is 17.3. The average molecular weight is 778 g/mol. The lowest BCUT2D eigenvalue weighted by Crippen LogP contribution is -2.28. The molecule has 0 heterocycles. The number of hydrogen-bond donors (Lipinski definition) is 0. The van der Waals surface area contributed by atoms with Crippen LogP contribution in [0.25, 0.3) is 54.9 Å². The fourth-order valence-corrected chi connectivity index (χ4v) is 10.8. The van der Waals surface area contributed by atoms with Gasteiger partial charge in [-0.15, -0.1) is 0 Å². The highest BCUT2D eigenvalue weighted by molar-refractivity contribution is 6.08. The van der Waals surface area contributed by atoms with Crippen LogP contribution in [-0.4, -0.2) is 0 Å². The lowest BCUT2D eigenvalue weighted by Gasteiger charge is -2.35. The second kappa shape index (κ2) is 13.5. The van der Waals surface area contributed by atoms with E-state index in [1.807, 2.05) is 0 Å². The summed E-state index contributed by atoms with van der Waals surface area (Å²) in [5.74, 6) is 0. The molecule has 0 N–H and O–H groups in total. The van der Waals surface area contributed by atoms with E-state index in [9.17, 15) is 0 Å². The zero-order valence-electron chi connectivity index (χ0n) is 34.3. The first-order valence-electron chi connectivity index (χ1n) is 21.4. The van der Waals surface area contributed by atoms with Gasteiger partial charge in [-0.05, 0) is 131 Å². The van der Waals surface area contributed by atoms with Crippen LogP contribution in [0.15, 0.2) is 224 Å². The molecule has 0 spiro atoms. The van der Waals surface area contributed by atoms with Crippen molar-refractivity contribution < 1.29 is 0 Å². The molecule has 0 atom stereocenters. The van der Waals surface area contributed by atoms with Gasteiger partial charge in [0.25, 0.3) is 0 Å². The van der Waals surface area contributed by atoms with Crippen molar-refractivity contribution in [1.82, 2.24) is 0 Å². The number of hydrogen-bond acceptors (Lipinski definition) is 1. The number of nitrogens with zero attached hydrogens (tertiary/aromatic N) is 1. The van der Waals surface area contributed by atoms with Crippen LogP contribution in [0.3, 0.4) is 0 Å². The van der Waals surface area contributed by atoms with Gasteiger partial charge in [0.15, 0.2) is 0 Å². The van der Waals surface area contributed by atoms with Crippen LogP contribution in [0.5, 0.6) is 0 Å². The van der Waals surface area contributed by atoms with E-state index >= 15 is 0 Å².